The normalized spacial score (nSPS) is 10.5. The fourth-order valence-electron chi connectivity index (χ4n) is 2.64. The Kier molecular flexibility index (Phi) is 7.15. The number of aromatic carboxylic acids is 1. The highest BCUT2D eigenvalue weighted by molar-refractivity contribution is 8.00. The molecule has 0 unspecified atom stereocenters. The van der Waals surface area contributed by atoms with Crippen molar-refractivity contribution in [3.63, 3.8) is 0 Å². The Morgan fingerprint density at radius 1 is 0.867 bits per heavy atom. The summed E-state index contributed by atoms with van der Waals surface area (Å²) < 4.78 is 0. The van der Waals surface area contributed by atoms with Crippen LogP contribution in [0, 0.1) is 0 Å². The van der Waals surface area contributed by atoms with E-state index in [0.29, 0.717) is 21.3 Å². The molecule has 0 saturated carbocycles. The second-order valence-corrected chi connectivity index (χ2v) is 8.06. The van der Waals surface area contributed by atoms with Crippen LogP contribution in [0.2, 0.25) is 10.0 Å². The maximum absolute atomic E-state index is 12.4. The molecule has 0 saturated heterocycles. The van der Waals surface area contributed by atoms with E-state index in [4.69, 9.17) is 23.2 Å². The van der Waals surface area contributed by atoms with Crippen molar-refractivity contribution >= 4 is 58.3 Å². The number of hydrogen-bond donors (Lipinski definition) is 2. The summed E-state index contributed by atoms with van der Waals surface area (Å²) in [5, 5.41) is 12.7. The minimum Gasteiger partial charge on any atom is -0.478 e. The Morgan fingerprint density at radius 3 is 2.17 bits per heavy atom. The topological polar surface area (TPSA) is 83.5 Å². The molecule has 0 radical (unpaired) electrons. The highest BCUT2D eigenvalue weighted by Gasteiger charge is 2.16. The van der Waals surface area contributed by atoms with Gasteiger partial charge in [-0.05, 0) is 54.6 Å². The fourth-order valence-corrected chi connectivity index (χ4v) is 3.94. The Bertz CT molecular complexity index is 1120. The summed E-state index contributed by atoms with van der Waals surface area (Å²) in [5.74, 6) is -1.61. The third-order valence-corrected chi connectivity index (χ3v) is 5.68. The van der Waals surface area contributed by atoms with E-state index in [9.17, 15) is 19.5 Å². The summed E-state index contributed by atoms with van der Waals surface area (Å²) in [6.45, 7) is 0. The van der Waals surface area contributed by atoms with Crippen molar-refractivity contribution in [2.45, 2.75) is 4.90 Å². The van der Waals surface area contributed by atoms with Crippen molar-refractivity contribution in [2.75, 3.05) is 11.1 Å². The lowest BCUT2D eigenvalue weighted by Crippen LogP contribution is -2.16. The van der Waals surface area contributed by atoms with Gasteiger partial charge in [0, 0.05) is 21.2 Å². The lowest BCUT2D eigenvalue weighted by molar-refractivity contribution is 0.0692. The molecular weight excluding hydrogens is 445 g/mol. The molecular formula is C22H15Cl2NO4S. The molecule has 0 aliphatic carbocycles. The van der Waals surface area contributed by atoms with E-state index in [-0.39, 0.29) is 22.7 Å². The first-order chi connectivity index (χ1) is 14.3. The van der Waals surface area contributed by atoms with Crippen molar-refractivity contribution in [3.05, 3.63) is 93.5 Å². The van der Waals surface area contributed by atoms with Crippen LogP contribution < -0.4 is 5.32 Å². The van der Waals surface area contributed by atoms with Gasteiger partial charge in [0.1, 0.15) is 0 Å². The summed E-state index contributed by atoms with van der Waals surface area (Å²) in [4.78, 5) is 36.9. The Labute approximate surface area is 187 Å². The van der Waals surface area contributed by atoms with Gasteiger partial charge in [-0.15, -0.1) is 11.8 Å². The summed E-state index contributed by atoms with van der Waals surface area (Å²) in [5.41, 5.74) is 0.932. The number of carbonyl (C=O) groups excluding carboxylic acids is 2. The first kappa shape index (κ1) is 21.9. The van der Waals surface area contributed by atoms with Crippen LogP contribution in [-0.2, 0) is 0 Å². The number of halogens is 2. The van der Waals surface area contributed by atoms with Crippen LogP contribution in [0.3, 0.4) is 0 Å². The SMILES string of the molecule is O=C(CSc1ccc(NC(=O)c2ccccc2C(=O)O)cc1)c1ccc(Cl)cc1Cl. The monoisotopic (exact) mass is 459 g/mol. The van der Waals surface area contributed by atoms with E-state index in [0.717, 1.165) is 4.90 Å². The number of thioether (sulfide) groups is 1. The second-order valence-electron chi connectivity index (χ2n) is 6.17. The highest BCUT2D eigenvalue weighted by atomic mass is 35.5. The van der Waals surface area contributed by atoms with Gasteiger partial charge in [-0.3, -0.25) is 9.59 Å². The zero-order valence-corrected chi connectivity index (χ0v) is 17.7. The second kappa shape index (κ2) is 9.80. The van der Waals surface area contributed by atoms with Gasteiger partial charge in [0.2, 0.25) is 0 Å². The molecule has 0 bridgehead atoms. The molecule has 0 fully saturated rings. The zero-order valence-electron chi connectivity index (χ0n) is 15.4. The van der Waals surface area contributed by atoms with Crippen LogP contribution in [0.5, 0.6) is 0 Å². The van der Waals surface area contributed by atoms with Crippen LogP contribution in [-0.4, -0.2) is 28.5 Å². The van der Waals surface area contributed by atoms with E-state index in [1.807, 2.05) is 0 Å². The molecule has 30 heavy (non-hydrogen) atoms. The van der Waals surface area contributed by atoms with E-state index in [1.165, 1.54) is 30.0 Å². The highest BCUT2D eigenvalue weighted by Crippen LogP contribution is 2.25. The van der Waals surface area contributed by atoms with Crippen LogP contribution in [0.4, 0.5) is 5.69 Å². The number of ketones is 1. The molecule has 0 spiro atoms. The van der Waals surface area contributed by atoms with Crippen molar-refractivity contribution in [2.24, 2.45) is 0 Å². The minimum atomic E-state index is -1.17. The number of carboxylic acid groups (broad SMARTS) is 1. The first-order valence-corrected chi connectivity index (χ1v) is 10.4. The van der Waals surface area contributed by atoms with Gasteiger partial charge in [-0.25, -0.2) is 4.79 Å². The molecule has 0 heterocycles. The van der Waals surface area contributed by atoms with Crippen molar-refractivity contribution in [1.29, 1.82) is 0 Å². The number of hydrogen-bond acceptors (Lipinski definition) is 4. The lowest BCUT2D eigenvalue weighted by Gasteiger charge is -2.09. The molecule has 1 amide bonds. The van der Waals surface area contributed by atoms with E-state index in [2.05, 4.69) is 5.32 Å². The number of rotatable bonds is 7. The van der Waals surface area contributed by atoms with Crippen LogP contribution in [0.25, 0.3) is 0 Å². The van der Waals surface area contributed by atoms with E-state index in [1.54, 1.807) is 48.5 Å². The van der Waals surface area contributed by atoms with Gasteiger partial charge in [0.25, 0.3) is 5.91 Å². The average molecular weight is 460 g/mol. The van der Waals surface area contributed by atoms with Gasteiger partial charge < -0.3 is 10.4 Å². The summed E-state index contributed by atoms with van der Waals surface area (Å²) in [7, 11) is 0. The average Bonchev–Trinajstić information content (AvgIpc) is 2.73. The number of Topliss-reactive ketones (excluding diaryl/α,β-unsaturated/α-hetero) is 1. The number of anilines is 1. The molecule has 2 N–H and O–H groups in total. The molecule has 5 nitrogen and oxygen atoms in total. The molecule has 3 aromatic rings. The van der Waals surface area contributed by atoms with Gasteiger partial charge in [0.05, 0.1) is 21.9 Å². The van der Waals surface area contributed by atoms with Crippen LogP contribution >= 0.6 is 35.0 Å². The van der Waals surface area contributed by atoms with Crippen LogP contribution in [0.1, 0.15) is 31.1 Å². The lowest BCUT2D eigenvalue weighted by atomic mass is 10.1. The molecule has 0 aromatic heterocycles. The van der Waals surface area contributed by atoms with Gasteiger partial charge in [0.15, 0.2) is 5.78 Å². The minimum absolute atomic E-state index is 0.0680. The van der Waals surface area contributed by atoms with Gasteiger partial charge in [-0.2, -0.15) is 0 Å². The Morgan fingerprint density at radius 2 is 1.53 bits per heavy atom. The maximum Gasteiger partial charge on any atom is 0.336 e. The van der Waals surface area contributed by atoms with Gasteiger partial charge in [-0.1, -0.05) is 35.3 Å². The van der Waals surface area contributed by atoms with Crippen LogP contribution in [0.15, 0.2) is 71.6 Å². The summed E-state index contributed by atoms with van der Waals surface area (Å²) in [6.07, 6.45) is 0. The van der Waals surface area contributed by atoms with Crippen molar-refractivity contribution in [3.8, 4) is 0 Å². The van der Waals surface area contributed by atoms with Crippen molar-refractivity contribution < 1.29 is 19.5 Å². The number of carbonyl (C=O) groups is 3. The number of carboxylic acids is 1. The third-order valence-electron chi connectivity index (χ3n) is 4.12. The van der Waals surface area contributed by atoms with E-state index < -0.39 is 11.9 Å². The molecule has 3 rings (SSSR count). The smallest absolute Gasteiger partial charge is 0.336 e. The quantitative estimate of drug-likeness (QED) is 0.338. The number of benzene rings is 3. The third kappa shape index (κ3) is 5.42. The molecule has 0 aliphatic rings. The zero-order chi connectivity index (χ0) is 21.7. The maximum atomic E-state index is 12.4. The first-order valence-electron chi connectivity index (χ1n) is 8.70. The summed E-state index contributed by atoms with van der Waals surface area (Å²) >= 11 is 13.2. The van der Waals surface area contributed by atoms with Crippen molar-refractivity contribution in [1.82, 2.24) is 0 Å². The number of amides is 1. The van der Waals surface area contributed by atoms with Gasteiger partial charge >= 0.3 is 5.97 Å². The molecule has 0 atom stereocenters. The fraction of sp³-hybridized carbons (Fsp3) is 0.0455. The Hall–Kier alpha value is -2.80. The number of nitrogens with one attached hydrogen (secondary N) is 1. The predicted molar refractivity (Wildman–Crippen MR) is 119 cm³/mol. The molecule has 8 heteroatoms. The molecule has 152 valence electrons. The predicted octanol–water partition coefficient (Wildman–Crippen LogP) is 5.92. The summed E-state index contributed by atoms with van der Waals surface area (Å²) in [6, 6.07) is 17.6. The molecule has 3 aromatic carbocycles. The largest absolute Gasteiger partial charge is 0.478 e. The standard InChI is InChI=1S/C22H15Cl2NO4S/c23-13-5-10-18(19(24)11-13)20(26)12-30-15-8-6-14(7-9-15)25-21(27)16-3-1-2-4-17(16)22(28)29/h1-11H,12H2,(H,25,27)(H,28,29). The Balaban J connectivity index is 1.62. The molecule has 0 aliphatic heterocycles. The van der Waals surface area contributed by atoms with E-state index >= 15 is 0 Å².